The second kappa shape index (κ2) is 10.7. The molecule has 180 valence electrons. The number of pyridine rings is 1. The molecule has 3 N–H and O–H groups in total. The van der Waals surface area contributed by atoms with E-state index in [9.17, 15) is 9.60 Å². The van der Waals surface area contributed by atoms with Crippen LogP contribution in [0.4, 0.5) is 4.39 Å². The number of aryl methyl sites for hydroxylation is 1. The number of hydrazone groups is 1. The van der Waals surface area contributed by atoms with E-state index >= 15 is 0 Å². The molecule has 0 aliphatic carbocycles. The summed E-state index contributed by atoms with van der Waals surface area (Å²) in [6.45, 7) is 6.02. The van der Waals surface area contributed by atoms with E-state index in [0.717, 1.165) is 22.3 Å². The van der Waals surface area contributed by atoms with Gasteiger partial charge in [0.1, 0.15) is 6.54 Å². The molecule has 2 aromatic heterocycles. The van der Waals surface area contributed by atoms with Crippen molar-refractivity contribution in [1.82, 2.24) is 25.7 Å². The Morgan fingerprint density at radius 3 is 2.59 bits per heavy atom. The van der Waals surface area contributed by atoms with Gasteiger partial charge in [-0.15, -0.1) is 12.4 Å². The average Bonchev–Trinajstić information content (AvgIpc) is 3.45. The summed E-state index contributed by atoms with van der Waals surface area (Å²) in [7, 11) is 0. The summed E-state index contributed by atoms with van der Waals surface area (Å²) < 4.78 is 18.1. The molecule has 1 unspecified atom stereocenters. The Hall–Kier alpha value is -3.34. The van der Waals surface area contributed by atoms with Crippen LogP contribution in [0.25, 0.3) is 22.5 Å². The molecule has 0 bridgehead atoms. The van der Waals surface area contributed by atoms with Crippen molar-refractivity contribution in [1.29, 1.82) is 0 Å². The molecule has 11 heteroatoms. The lowest BCUT2D eigenvalue weighted by molar-refractivity contribution is -0.636. The highest BCUT2D eigenvalue weighted by molar-refractivity contribution is 5.85. The van der Waals surface area contributed by atoms with Gasteiger partial charge in [0.25, 0.3) is 0 Å². The third kappa shape index (κ3) is 5.24. The average molecular weight is 488 g/mol. The maximum atomic E-state index is 12.8. The highest BCUT2D eigenvalue weighted by Crippen LogP contribution is 2.27. The SMILES string of the molecule is Cc1cc(-c2ccc(-c3noc(C(C)C)n3)cc2)cnc1C1C=[N+]([O-])N(C/C(=C/F)CN)N1.Cl. The molecular formula is C23H27ClFN7O2. The number of nitrogens with one attached hydrogen (secondary N) is 1. The first kappa shape index (κ1) is 25.3. The second-order valence-corrected chi connectivity index (χ2v) is 8.20. The van der Waals surface area contributed by atoms with Crippen LogP contribution in [-0.2, 0) is 0 Å². The zero-order chi connectivity index (χ0) is 23.5. The Kier molecular flexibility index (Phi) is 7.98. The summed E-state index contributed by atoms with van der Waals surface area (Å²) in [4.78, 5) is 9.66. The zero-order valence-electron chi connectivity index (χ0n) is 19.1. The summed E-state index contributed by atoms with van der Waals surface area (Å²) in [6, 6.07) is 9.44. The van der Waals surface area contributed by atoms with Crippen LogP contribution < -0.4 is 11.2 Å². The predicted octanol–water partition coefficient (Wildman–Crippen LogP) is 3.82. The topological polar surface area (TPSA) is 119 Å². The Balaban J connectivity index is 0.00000324. The van der Waals surface area contributed by atoms with Gasteiger partial charge < -0.3 is 15.5 Å². The molecule has 0 saturated carbocycles. The lowest BCUT2D eigenvalue weighted by atomic mass is 10.0. The Morgan fingerprint density at radius 1 is 1.29 bits per heavy atom. The van der Waals surface area contributed by atoms with Gasteiger partial charge in [0.05, 0.1) is 12.0 Å². The van der Waals surface area contributed by atoms with Crippen molar-refractivity contribution in [3.05, 3.63) is 70.8 Å². The highest BCUT2D eigenvalue weighted by Gasteiger charge is 2.30. The fourth-order valence-electron chi connectivity index (χ4n) is 3.51. The number of benzene rings is 1. The molecule has 0 fully saturated rings. The summed E-state index contributed by atoms with van der Waals surface area (Å²) in [5.74, 6) is 1.34. The van der Waals surface area contributed by atoms with Gasteiger partial charge in [0, 0.05) is 29.8 Å². The van der Waals surface area contributed by atoms with E-state index in [1.807, 2.05) is 51.1 Å². The van der Waals surface area contributed by atoms with E-state index in [2.05, 4.69) is 20.6 Å². The van der Waals surface area contributed by atoms with Crippen molar-refractivity contribution in [3.63, 3.8) is 0 Å². The fraction of sp³-hybridized carbons (Fsp3) is 0.304. The number of rotatable bonds is 7. The van der Waals surface area contributed by atoms with Crippen LogP contribution in [0, 0.1) is 12.1 Å². The molecule has 1 atom stereocenters. The second-order valence-electron chi connectivity index (χ2n) is 8.20. The fourth-order valence-corrected chi connectivity index (χ4v) is 3.51. The molecule has 34 heavy (non-hydrogen) atoms. The standard InChI is InChI=1S/C23H26FN7O2.ClH/c1-14(2)23-27-22(29-33-23)18-6-4-17(5-7-18)19-8-15(3)21(26-11-19)20-13-31(32)30(28-20)12-16(9-24)10-25;/h4-9,11,13-14,20,28H,10,12,25H2,1-3H3;1H/b16-9+;. The molecule has 1 aliphatic heterocycles. The maximum absolute atomic E-state index is 12.8. The molecule has 1 aromatic carbocycles. The number of hydrazine groups is 2. The van der Waals surface area contributed by atoms with Gasteiger partial charge in [-0.05, 0) is 29.7 Å². The molecule has 9 nitrogen and oxygen atoms in total. The van der Waals surface area contributed by atoms with Crippen LogP contribution >= 0.6 is 12.4 Å². The Labute approximate surface area is 203 Å². The molecule has 0 saturated heterocycles. The minimum Gasteiger partial charge on any atom is -0.595 e. The third-order valence-corrected chi connectivity index (χ3v) is 5.40. The largest absolute Gasteiger partial charge is 0.595 e. The van der Waals surface area contributed by atoms with Crippen molar-refractivity contribution < 1.29 is 13.8 Å². The van der Waals surface area contributed by atoms with Gasteiger partial charge in [-0.25, -0.2) is 4.39 Å². The number of hydrogen-bond donors (Lipinski definition) is 2. The van der Waals surface area contributed by atoms with Gasteiger partial charge >= 0.3 is 0 Å². The van der Waals surface area contributed by atoms with E-state index in [1.165, 1.54) is 11.3 Å². The number of nitrogens with zero attached hydrogens (tertiary/aromatic N) is 5. The van der Waals surface area contributed by atoms with Crippen molar-refractivity contribution in [2.45, 2.75) is 32.7 Å². The molecule has 0 spiro atoms. The van der Waals surface area contributed by atoms with Gasteiger partial charge in [0.15, 0.2) is 6.04 Å². The number of aromatic nitrogens is 3. The molecule has 3 aromatic rings. The van der Waals surface area contributed by atoms with Crippen LogP contribution in [0.5, 0.6) is 0 Å². The first-order chi connectivity index (χ1) is 15.9. The summed E-state index contributed by atoms with van der Waals surface area (Å²) in [6.07, 6.45) is 3.64. The van der Waals surface area contributed by atoms with Crippen molar-refractivity contribution in [3.8, 4) is 22.5 Å². The van der Waals surface area contributed by atoms with E-state index < -0.39 is 6.04 Å². The first-order valence-electron chi connectivity index (χ1n) is 10.6. The molecular weight excluding hydrogens is 461 g/mol. The minimum absolute atomic E-state index is 0. The number of hydrogen-bond acceptors (Lipinski definition) is 8. The van der Waals surface area contributed by atoms with E-state index in [0.29, 0.717) is 34.2 Å². The number of halogens is 2. The van der Waals surface area contributed by atoms with Crippen LogP contribution in [0.3, 0.4) is 0 Å². The number of nitrogens with two attached hydrogens (primary N) is 1. The van der Waals surface area contributed by atoms with E-state index in [4.69, 9.17) is 10.3 Å². The quantitative estimate of drug-likeness (QED) is 0.381. The molecule has 1 aliphatic rings. The van der Waals surface area contributed by atoms with Gasteiger partial charge in [-0.3, -0.25) is 4.98 Å². The van der Waals surface area contributed by atoms with Crippen LogP contribution in [0.1, 0.15) is 43.0 Å². The van der Waals surface area contributed by atoms with Gasteiger partial charge in [-0.1, -0.05) is 53.2 Å². The van der Waals surface area contributed by atoms with Crippen LogP contribution in [0.2, 0.25) is 0 Å². The van der Waals surface area contributed by atoms with Gasteiger partial charge in [-0.2, -0.15) is 10.4 Å². The molecule has 0 amide bonds. The monoisotopic (exact) mass is 487 g/mol. The van der Waals surface area contributed by atoms with Crippen LogP contribution in [0.15, 0.2) is 53.0 Å². The first-order valence-corrected chi connectivity index (χ1v) is 10.6. The van der Waals surface area contributed by atoms with E-state index in [-0.39, 0.29) is 31.4 Å². The molecule has 4 rings (SSSR count). The van der Waals surface area contributed by atoms with Crippen molar-refractivity contribution >= 4 is 18.6 Å². The normalized spacial score (nSPS) is 16.1. The van der Waals surface area contributed by atoms with Crippen molar-refractivity contribution in [2.24, 2.45) is 5.73 Å². The van der Waals surface area contributed by atoms with Gasteiger partial charge in [0.2, 0.25) is 17.9 Å². The van der Waals surface area contributed by atoms with Crippen molar-refractivity contribution in [2.75, 3.05) is 13.1 Å². The Bertz CT molecular complexity index is 1190. The third-order valence-electron chi connectivity index (χ3n) is 5.40. The highest BCUT2D eigenvalue weighted by atomic mass is 35.5. The smallest absolute Gasteiger partial charge is 0.229 e. The molecule has 0 radical (unpaired) electrons. The summed E-state index contributed by atoms with van der Waals surface area (Å²) in [5.41, 5.74) is 13.3. The minimum atomic E-state index is -0.425. The van der Waals surface area contributed by atoms with Crippen LogP contribution in [-0.4, -0.2) is 44.4 Å². The zero-order valence-corrected chi connectivity index (χ0v) is 19.9. The maximum Gasteiger partial charge on any atom is 0.229 e. The molecule has 3 heterocycles. The summed E-state index contributed by atoms with van der Waals surface area (Å²) >= 11 is 0. The van der Waals surface area contributed by atoms with E-state index in [1.54, 1.807) is 6.20 Å². The lowest BCUT2D eigenvalue weighted by Gasteiger charge is -2.18. The summed E-state index contributed by atoms with van der Waals surface area (Å²) in [5, 5.41) is 17.5. The lowest BCUT2D eigenvalue weighted by Crippen LogP contribution is -2.40. The predicted molar refractivity (Wildman–Crippen MR) is 130 cm³/mol. The Morgan fingerprint density at radius 2 is 2.00 bits per heavy atom.